The lowest BCUT2D eigenvalue weighted by Crippen LogP contribution is -2.27. The second-order valence-corrected chi connectivity index (χ2v) is 8.90. The molecule has 1 amide bonds. The minimum Gasteiger partial charge on any atom is -0.495 e. The van der Waals surface area contributed by atoms with Crippen molar-refractivity contribution in [3.63, 3.8) is 0 Å². The highest BCUT2D eigenvalue weighted by Crippen LogP contribution is 2.28. The first kappa shape index (κ1) is 23.9. The summed E-state index contributed by atoms with van der Waals surface area (Å²) in [5.74, 6) is -0.521. The Kier molecular flexibility index (Phi) is 7.41. The standard InChI is InChI=1S/C23H23N3O6S/c1-16-19(9-6-10-20(16)26(28)29)25-23(27)18-11-12-21(32-2)22(15-18)33(30,31)24-14-13-17-7-4-3-5-8-17/h3-12,15,24H,13-14H2,1-2H3,(H,25,27). The Morgan fingerprint density at radius 1 is 1.06 bits per heavy atom. The summed E-state index contributed by atoms with van der Waals surface area (Å²) in [5.41, 5.74) is 1.46. The first-order valence-corrected chi connectivity index (χ1v) is 11.5. The van der Waals surface area contributed by atoms with Crippen LogP contribution < -0.4 is 14.8 Å². The van der Waals surface area contributed by atoms with Crippen molar-refractivity contribution in [2.24, 2.45) is 0 Å². The summed E-state index contributed by atoms with van der Waals surface area (Å²) in [5, 5.41) is 13.7. The Balaban J connectivity index is 1.82. The molecule has 3 rings (SSSR count). The molecular formula is C23H23N3O6S. The molecule has 0 aliphatic heterocycles. The van der Waals surface area contributed by atoms with Crippen LogP contribution in [0.2, 0.25) is 0 Å². The van der Waals surface area contributed by atoms with Crippen LogP contribution in [-0.2, 0) is 16.4 Å². The average Bonchev–Trinajstić information content (AvgIpc) is 2.80. The number of rotatable bonds is 9. The maximum atomic E-state index is 12.9. The highest BCUT2D eigenvalue weighted by atomic mass is 32.2. The number of methoxy groups -OCH3 is 1. The maximum Gasteiger partial charge on any atom is 0.274 e. The second kappa shape index (κ2) is 10.2. The van der Waals surface area contributed by atoms with Gasteiger partial charge in [-0.1, -0.05) is 36.4 Å². The number of carbonyl (C=O) groups is 1. The summed E-state index contributed by atoms with van der Waals surface area (Å²) in [4.78, 5) is 23.2. The van der Waals surface area contributed by atoms with Gasteiger partial charge in [-0.3, -0.25) is 14.9 Å². The second-order valence-electron chi connectivity index (χ2n) is 7.16. The molecule has 0 heterocycles. The van der Waals surface area contributed by atoms with Crippen molar-refractivity contribution in [3.05, 3.63) is 93.5 Å². The van der Waals surface area contributed by atoms with Crippen molar-refractivity contribution in [2.45, 2.75) is 18.2 Å². The molecule has 0 spiro atoms. The Morgan fingerprint density at radius 3 is 2.45 bits per heavy atom. The molecule has 0 saturated heterocycles. The van der Waals surface area contributed by atoms with Crippen LogP contribution in [0.15, 0.2) is 71.6 Å². The Hall–Kier alpha value is -3.76. The normalized spacial score (nSPS) is 11.1. The van der Waals surface area contributed by atoms with E-state index in [1.165, 1.54) is 50.4 Å². The SMILES string of the molecule is COc1ccc(C(=O)Nc2cccc([N+](=O)[O-])c2C)cc1S(=O)(=O)NCCc1ccccc1. The lowest BCUT2D eigenvalue weighted by Gasteiger charge is -2.13. The highest BCUT2D eigenvalue weighted by molar-refractivity contribution is 7.89. The number of anilines is 1. The fourth-order valence-corrected chi connectivity index (χ4v) is 4.46. The number of nitro groups is 1. The van der Waals surface area contributed by atoms with E-state index in [2.05, 4.69) is 10.0 Å². The van der Waals surface area contributed by atoms with Crippen molar-refractivity contribution >= 4 is 27.3 Å². The molecule has 2 N–H and O–H groups in total. The van der Waals surface area contributed by atoms with Gasteiger partial charge in [-0.15, -0.1) is 0 Å². The summed E-state index contributed by atoms with van der Waals surface area (Å²) < 4.78 is 33.5. The van der Waals surface area contributed by atoms with Gasteiger partial charge in [0.15, 0.2) is 0 Å². The molecule has 0 unspecified atom stereocenters. The number of amides is 1. The highest BCUT2D eigenvalue weighted by Gasteiger charge is 2.22. The van der Waals surface area contributed by atoms with Crippen molar-refractivity contribution in [1.29, 1.82) is 0 Å². The van der Waals surface area contributed by atoms with E-state index in [4.69, 9.17) is 4.74 Å². The van der Waals surface area contributed by atoms with Crippen LogP contribution in [0.1, 0.15) is 21.5 Å². The van der Waals surface area contributed by atoms with Gasteiger partial charge in [0.05, 0.1) is 23.3 Å². The molecule has 0 fully saturated rings. The molecule has 0 atom stereocenters. The average molecular weight is 470 g/mol. The van der Waals surface area contributed by atoms with Crippen LogP contribution in [0.3, 0.4) is 0 Å². The third-order valence-corrected chi connectivity index (χ3v) is 6.50. The van der Waals surface area contributed by atoms with E-state index >= 15 is 0 Å². The summed E-state index contributed by atoms with van der Waals surface area (Å²) >= 11 is 0. The molecule has 10 heteroatoms. The van der Waals surface area contributed by atoms with Crippen molar-refractivity contribution < 1.29 is 22.9 Å². The molecule has 0 saturated carbocycles. The third-order valence-electron chi connectivity index (χ3n) is 5.01. The van der Waals surface area contributed by atoms with Crippen molar-refractivity contribution in [3.8, 4) is 5.75 Å². The number of nitro benzene ring substituents is 1. The quantitative estimate of drug-likeness (QED) is 0.363. The lowest BCUT2D eigenvalue weighted by atomic mass is 10.1. The molecule has 33 heavy (non-hydrogen) atoms. The van der Waals surface area contributed by atoms with E-state index in [-0.39, 0.29) is 34.1 Å². The Morgan fingerprint density at radius 2 is 1.79 bits per heavy atom. The maximum absolute atomic E-state index is 12.9. The first-order chi connectivity index (χ1) is 15.7. The molecular weight excluding hydrogens is 446 g/mol. The molecule has 172 valence electrons. The molecule has 0 aliphatic rings. The van der Waals surface area contributed by atoms with Gasteiger partial charge in [0.25, 0.3) is 11.6 Å². The minimum atomic E-state index is -3.97. The number of hydrogen-bond donors (Lipinski definition) is 2. The summed E-state index contributed by atoms with van der Waals surface area (Å²) in [6.45, 7) is 1.69. The molecule has 0 aliphatic carbocycles. The van der Waals surface area contributed by atoms with Gasteiger partial charge in [-0.25, -0.2) is 13.1 Å². The molecule has 3 aromatic carbocycles. The van der Waals surface area contributed by atoms with E-state index in [0.717, 1.165) is 5.56 Å². The monoisotopic (exact) mass is 469 g/mol. The topological polar surface area (TPSA) is 128 Å². The van der Waals surface area contributed by atoms with Crippen LogP contribution in [0.5, 0.6) is 5.75 Å². The van der Waals surface area contributed by atoms with Gasteiger partial charge in [-0.2, -0.15) is 0 Å². The van der Waals surface area contributed by atoms with E-state index in [0.29, 0.717) is 12.0 Å². The Bertz CT molecular complexity index is 1280. The first-order valence-electron chi connectivity index (χ1n) is 10.00. The number of nitrogens with zero attached hydrogens (tertiary/aromatic N) is 1. The van der Waals surface area contributed by atoms with Gasteiger partial charge in [-0.05, 0) is 43.2 Å². The zero-order valence-corrected chi connectivity index (χ0v) is 18.9. The van der Waals surface area contributed by atoms with Crippen molar-refractivity contribution in [1.82, 2.24) is 4.72 Å². The van der Waals surface area contributed by atoms with Gasteiger partial charge in [0, 0.05) is 18.2 Å². The predicted molar refractivity (Wildman–Crippen MR) is 124 cm³/mol. The van der Waals surface area contributed by atoms with Crippen LogP contribution in [0.4, 0.5) is 11.4 Å². The number of carbonyl (C=O) groups excluding carboxylic acids is 1. The zero-order chi connectivity index (χ0) is 24.0. The van der Waals surface area contributed by atoms with Gasteiger partial charge in [0.1, 0.15) is 10.6 Å². The molecule has 0 bridgehead atoms. The van der Waals surface area contributed by atoms with Gasteiger partial charge in [0.2, 0.25) is 10.0 Å². The lowest BCUT2D eigenvalue weighted by molar-refractivity contribution is -0.385. The van der Waals surface area contributed by atoms with Gasteiger partial charge >= 0.3 is 0 Å². The van der Waals surface area contributed by atoms with Crippen LogP contribution in [0.25, 0.3) is 0 Å². The number of benzene rings is 3. The minimum absolute atomic E-state index is 0.0603. The fourth-order valence-electron chi connectivity index (χ4n) is 3.23. The summed E-state index contributed by atoms with van der Waals surface area (Å²) in [7, 11) is -2.63. The summed E-state index contributed by atoms with van der Waals surface area (Å²) in [6, 6.07) is 17.8. The zero-order valence-electron chi connectivity index (χ0n) is 18.1. The molecule has 9 nitrogen and oxygen atoms in total. The largest absolute Gasteiger partial charge is 0.495 e. The predicted octanol–water partition coefficient (Wildman–Crippen LogP) is 3.69. The van der Waals surface area contributed by atoms with E-state index < -0.39 is 20.9 Å². The molecule has 3 aromatic rings. The van der Waals surface area contributed by atoms with E-state index in [9.17, 15) is 23.3 Å². The van der Waals surface area contributed by atoms with Crippen LogP contribution in [-0.4, -0.2) is 32.9 Å². The van der Waals surface area contributed by atoms with E-state index in [1.807, 2.05) is 30.3 Å². The fraction of sp³-hybridized carbons (Fsp3) is 0.174. The van der Waals surface area contributed by atoms with Gasteiger partial charge < -0.3 is 10.1 Å². The number of sulfonamides is 1. The van der Waals surface area contributed by atoms with Crippen molar-refractivity contribution in [2.75, 3.05) is 19.0 Å². The van der Waals surface area contributed by atoms with Crippen LogP contribution >= 0.6 is 0 Å². The summed E-state index contributed by atoms with van der Waals surface area (Å²) in [6.07, 6.45) is 0.495. The number of nitrogens with one attached hydrogen (secondary N) is 2. The molecule has 0 aromatic heterocycles. The van der Waals surface area contributed by atoms with Crippen LogP contribution in [0, 0.1) is 17.0 Å². The Labute approximate surface area is 191 Å². The smallest absolute Gasteiger partial charge is 0.274 e. The number of hydrogen-bond acceptors (Lipinski definition) is 6. The molecule has 0 radical (unpaired) electrons. The third kappa shape index (κ3) is 5.73. The number of ether oxygens (including phenoxy) is 1. The van der Waals surface area contributed by atoms with E-state index in [1.54, 1.807) is 0 Å².